The summed E-state index contributed by atoms with van der Waals surface area (Å²) < 4.78 is 11.4. The van der Waals surface area contributed by atoms with Crippen molar-refractivity contribution in [2.75, 3.05) is 14.2 Å². The summed E-state index contributed by atoms with van der Waals surface area (Å²) >= 11 is 3.56. The molecule has 0 heterocycles. The molecule has 1 aliphatic carbocycles. The maximum atomic E-state index is 11.4. The number of nitro benzene ring substituents is 1. The first kappa shape index (κ1) is 22.5. The molecule has 1 aliphatic rings. The van der Waals surface area contributed by atoms with E-state index in [9.17, 15) is 10.1 Å². The van der Waals surface area contributed by atoms with Gasteiger partial charge in [-0.25, -0.2) is 0 Å². The Morgan fingerprint density at radius 3 is 2.13 bits per heavy atom. The lowest BCUT2D eigenvalue weighted by atomic mass is 9.90. The summed E-state index contributed by atoms with van der Waals surface area (Å²) in [5.41, 5.74) is 8.15. The lowest BCUT2D eigenvalue weighted by Crippen LogP contribution is -2.40. The Bertz CT molecular complexity index is 885. The van der Waals surface area contributed by atoms with Crippen LogP contribution >= 0.6 is 15.9 Å². The average Bonchev–Trinajstić information content (AvgIpc) is 2.74. The molecular weight excluding hydrogens is 450 g/mol. The van der Waals surface area contributed by atoms with Crippen LogP contribution in [0.4, 0.5) is 5.69 Å². The van der Waals surface area contributed by atoms with Gasteiger partial charge in [0.05, 0.1) is 23.6 Å². The van der Waals surface area contributed by atoms with Gasteiger partial charge in [-0.2, -0.15) is 0 Å². The molecule has 0 radical (unpaired) electrons. The first-order chi connectivity index (χ1) is 14.4. The fourth-order valence-electron chi connectivity index (χ4n) is 4.03. The van der Waals surface area contributed by atoms with Gasteiger partial charge in [-0.05, 0) is 70.9 Å². The molecule has 0 bridgehead atoms. The predicted molar refractivity (Wildman–Crippen MR) is 120 cm³/mol. The molecule has 7 nitrogen and oxygen atoms in total. The van der Waals surface area contributed by atoms with Crippen LogP contribution < -0.4 is 15.2 Å². The second-order valence-electron chi connectivity index (χ2n) is 7.71. The monoisotopic (exact) mass is 477 g/mol. The average molecular weight is 478 g/mol. The van der Waals surface area contributed by atoms with Crippen LogP contribution in [0.5, 0.6) is 11.5 Å². The molecule has 0 aliphatic heterocycles. The maximum absolute atomic E-state index is 11.4. The Morgan fingerprint density at radius 1 is 1.03 bits per heavy atom. The smallest absolute Gasteiger partial charge is 0.311 e. The van der Waals surface area contributed by atoms with Gasteiger partial charge in [0.2, 0.25) is 0 Å². The van der Waals surface area contributed by atoms with Gasteiger partial charge in [-0.1, -0.05) is 12.1 Å². The molecule has 30 heavy (non-hydrogen) atoms. The van der Waals surface area contributed by atoms with Gasteiger partial charge in [0.15, 0.2) is 5.75 Å². The molecule has 2 N–H and O–H groups in total. The second-order valence-corrected chi connectivity index (χ2v) is 8.56. The van der Waals surface area contributed by atoms with E-state index in [0.717, 1.165) is 53.6 Å². The minimum absolute atomic E-state index is 0.00666. The first-order valence-corrected chi connectivity index (χ1v) is 10.8. The Morgan fingerprint density at radius 2 is 1.60 bits per heavy atom. The van der Waals surface area contributed by atoms with Crippen molar-refractivity contribution in [3.05, 3.63) is 62.1 Å². The molecule has 2 aromatic rings. The van der Waals surface area contributed by atoms with Crippen molar-refractivity contribution in [2.24, 2.45) is 5.73 Å². The van der Waals surface area contributed by atoms with E-state index in [-0.39, 0.29) is 17.5 Å². The topological polar surface area (TPSA) is 90.9 Å². The highest BCUT2D eigenvalue weighted by atomic mass is 79.9. The molecule has 2 aromatic carbocycles. The first-order valence-electron chi connectivity index (χ1n) is 10.0. The van der Waals surface area contributed by atoms with E-state index in [4.69, 9.17) is 15.2 Å². The minimum atomic E-state index is -0.396. The lowest BCUT2D eigenvalue weighted by Gasteiger charge is -2.36. The molecular formula is C22H28BrN3O4. The fraction of sp³-hybridized carbons (Fsp3) is 0.455. The third-order valence-corrected chi connectivity index (χ3v) is 6.30. The fourth-order valence-corrected chi connectivity index (χ4v) is 4.62. The Hall–Kier alpha value is -2.16. The van der Waals surface area contributed by atoms with Crippen LogP contribution in [0, 0.1) is 10.1 Å². The Labute approximate surface area is 185 Å². The SMILES string of the molecule is COc1ccc(CN(Cc2ccc(OC)c([N+](=O)[O-])c2)C2CCC(N)CC2)cc1Br. The van der Waals surface area contributed by atoms with Crippen LogP contribution in [-0.4, -0.2) is 36.1 Å². The molecule has 1 saturated carbocycles. The van der Waals surface area contributed by atoms with E-state index in [2.05, 4.69) is 33.0 Å². The highest BCUT2D eigenvalue weighted by Crippen LogP contribution is 2.31. The predicted octanol–water partition coefficient (Wildman–Crippen LogP) is 4.65. The van der Waals surface area contributed by atoms with Gasteiger partial charge in [0, 0.05) is 31.2 Å². The number of hydrogen-bond acceptors (Lipinski definition) is 6. The summed E-state index contributed by atoms with van der Waals surface area (Å²) in [7, 11) is 3.09. The summed E-state index contributed by atoms with van der Waals surface area (Å²) in [4.78, 5) is 13.4. The lowest BCUT2D eigenvalue weighted by molar-refractivity contribution is -0.385. The summed E-state index contributed by atoms with van der Waals surface area (Å²) in [5, 5.41) is 11.4. The number of nitrogens with two attached hydrogens (primary N) is 1. The number of hydrogen-bond donors (Lipinski definition) is 1. The zero-order valence-corrected chi connectivity index (χ0v) is 18.9. The number of halogens is 1. The van der Waals surface area contributed by atoms with Crippen molar-refractivity contribution in [2.45, 2.75) is 50.9 Å². The van der Waals surface area contributed by atoms with Gasteiger partial charge < -0.3 is 15.2 Å². The van der Waals surface area contributed by atoms with Gasteiger partial charge >= 0.3 is 5.69 Å². The molecule has 3 rings (SSSR count). The number of methoxy groups -OCH3 is 2. The van der Waals surface area contributed by atoms with Crippen molar-refractivity contribution in [1.29, 1.82) is 0 Å². The molecule has 0 spiro atoms. The largest absolute Gasteiger partial charge is 0.496 e. The van der Waals surface area contributed by atoms with E-state index in [1.807, 2.05) is 12.1 Å². The van der Waals surface area contributed by atoms with Crippen molar-refractivity contribution in [1.82, 2.24) is 4.90 Å². The normalized spacial score (nSPS) is 19.0. The molecule has 0 saturated heterocycles. The van der Waals surface area contributed by atoms with Gasteiger partial charge in [0.25, 0.3) is 0 Å². The molecule has 0 amide bonds. The molecule has 0 atom stereocenters. The molecule has 162 valence electrons. The zero-order valence-electron chi connectivity index (χ0n) is 17.3. The number of benzene rings is 2. The van der Waals surface area contributed by atoms with E-state index >= 15 is 0 Å². The van der Waals surface area contributed by atoms with Crippen LogP contribution in [-0.2, 0) is 13.1 Å². The molecule has 0 aromatic heterocycles. The Kier molecular flexibility index (Phi) is 7.69. The highest BCUT2D eigenvalue weighted by molar-refractivity contribution is 9.10. The third kappa shape index (κ3) is 5.50. The molecule has 0 unspecified atom stereocenters. The van der Waals surface area contributed by atoms with Gasteiger partial charge in [-0.3, -0.25) is 15.0 Å². The van der Waals surface area contributed by atoms with Crippen LogP contribution in [0.3, 0.4) is 0 Å². The number of rotatable bonds is 8. The van der Waals surface area contributed by atoms with Crippen molar-refractivity contribution < 1.29 is 14.4 Å². The number of ether oxygens (including phenoxy) is 2. The molecule has 8 heteroatoms. The zero-order chi connectivity index (χ0) is 21.7. The summed E-state index contributed by atoms with van der Waals surface area (Å²) in [6, 6.07) is 11.9. The van der Waals surface area contributed by atoms with Crippen molar-refractivity contribution >= 4 is 21.6 Å². The third-order valence-electron chi connectivity index (χ3n) is 5.69. The summed E-state index contributed by atoms with van der Waals surface area (Å²) in [5.74, 6) is 1.07. The van der Waals surface area contributed by atoms with E-state index in [0.29, 0.717) is 12.6 Å². The van der Waals surface area contributed by atoms with Crippen molar-refractivity contribution in [3.63, 3.8) is 0 Å². The number of nitrogens with zero attached hydrogens (tertiary/aromatic N) is 2. The minimum Gasteiger partial charge on any atom is -0.496 e. The summed E-state index contributed by atoms with van der Waals surface area (Å²) in [6.45, 7) is 1.36. The number of nitro groups is 1. The highest BCUT2D eigenvalue weighted by Gasteiger charge is 2.26. The van der Waals surface area contributed by atoms with Crippen LogP contribution in [0.1, 0.15) is 36.8 Å². The Balaban J connectivity index is 1.85. The van der Waals surface area contributed by atoms with E-state index in [1.165, 1.54) is 7.11 Å². The molecule has 1 fully saturated rings. The van der Waals surface area contributed by atoms with Crippen LogP contribution in [0.2, 0.25) is 0 Å². The van der Waals surface area contributed by atoms with Crippen LogP contribution in [0.25, 0.3) is 0 Å². The van der Waals surface area contributed by atoms with E-state index in [1.54, 1.807) is 19.2 Å². The van der Waals surface area contributed by atoms with Crippen molar-refractivity contribution in [3.8, 4) is 11.5 Å². The van der Waals surface area contributed by atoms with Crippen LogP contribution in [0.15, 0.2) is 40.9 Å². The maximum Gasteiger partial charge on any atom is 0.311 e. The summed E-state index contributed by atoms with van der Waals surface area (Å²) in [6.07, 6.45) is 4.04. The quantitative estimate of drug-likeness (QED) is 0.439. The second kappa shape index (κ2) is 10.2. The standard InChI is InChI=1S/C22H28BrN3O4/c1-29-21-9-3-15(11-19(21)23)13-25(18-7-5-17(24)6-8-18)14-16-4-10-22(30-2)20(12-16)26(27)28/h3-4,9-12,17-18H,5-8,13-14,24H2,1-2H3. The van der Waals surface area contributed by atoms with Gasteiger partial charge in [-0.15, -0.1) is 0 Å². The van der Waals surface area contributed by atoms with E-state index < -0.39 is 4.92 Å². The van der Waals surface area contributed by atoms with Gasteiger partial charge in [0.1, 0.15) is 5.75 Å².